The lowest BCUT2D eigenvalue weighted by molar-refractivity contribution is 0.600. The minimum Gasteiger partial charge on any atom is -0.309 e. The van der Waals surface area contributed by atoms with E-state index in [4.69, 9.17) is 11.6 Å². The molecule has 0 saturated carbocycles. The van der Waals surface area contributed by atoms with Gasteiger partial charge in [0.1, 0.15) is 0 Å². The van der Waals surface area contributed by atoms with Crippen molar-refractivity contribution in [1.29, 1.82) is 0 Å². The SMILES string of the molecule is CCCn1cc(C(NC)c2ccc(C)c(Cl)c2)cn1. The quantitative estimate of drug-likeness (QED) is 0.906. The van der Waals surface area contributed by atoms with E-state index in [1.807, 2.05) is 30.9 Å². The van der Waals surface area contributed by atoms with Crippen molar-refractivity contribution in [3.05, 3.63) is 52.3 Å². The zero-order chi connectivity index (χ0) is 13.8. The van der Waals surface area contributed by atoms with Crippen LogP contribution >= 0.6 is 11.6 Å². The highest BCUT2D eigenvalue weighted by molar-refractivity contribution is 6.31. The number of nitrogens with zero attached hydrogens (tertiary/aromatic N) is 2. The number of hydrogen-bond donors (Lipinski definition) is 1. The van der Waals surface area contributed by atoms with Crippen molar-refractivity contribution in [2.45, 2.75) is 32.9 Å². The number of rotatable bonds is 5. The monoisotopic (exact) mass is 277 g/mol. The smallest absolute Gasteiger partial charge is 0.0605 e. The van der Waals surface area contributed by atoms with Gasteiger partial charge in [-0.2, -0.15) is 5.10 Å². The Kier molecular flexibility index (Phi) is 4.61. The van der Waals surface area contributed by atoms with Crippen LogP contribution in [0.3, 0.4) is 0 Å². The van der Waals surface area contributed by atoms with E-state index >= 15 is 0 Å². The van der Waals surface area contributed by atoms with E-state index in [0.29, 0.717) is 0 Å². The van der Waals surface area contributed by atoms with Crippen LogP contribution in [-0.2, 0) is 6.54 Å². The highest BCUT2D eigenvalue weighted by Gasteiger charge is 2.14. The molecule has 0 radical (unpaired) electrons. The van der Waals surface area contributed by atoms with Gasteiger partial charge in [-0.15, -0.1) is 0 Å². The Morgan fingerprint density at radius 1 is 1.37 bits per heavy atom. The van der Waals surface area contributed by atoms with Crippen molar-refractivity contribution in [2.75, 3.05) is 7.05 Å². The number of nitrogens with one attached hydrogen (secondary N) is 1. The molecule has 102 valence electrons. The van der Waals surface area contributed by atoms with Gasteiger partial charge < -0.3 is 5.32 Å². The Hall–Kier alpha value is -1.32. The molecule has 1 unspecified atom stereocenters. The lowest BCUT2D eigenvalue weighted by Crippen LogP contribution is -2.17. The zero-order valence-electron chi connectivity index (χ0n) is 11.7. The predicted octanol–water partition coefficient (Wildman–Crippen LogP) is 3.56. The molecule has 3 nitrogen and oxygen atoms in total. The average Bonchev–Trinajstić information content (AvgIpc) is 2.83. The molecule has 1 N–H and O–H groups in total. The third kappa shape index (κ3) is 3.17. The molecule has 1 aromatic heterocycles. The van der Waals surface area contributed by atoms with Gasteiger partial charge in [0.05, 0.1) is 12.2 Å². The molecule has 4 heteroatoms. The first-order valence-corrected chi connectivity index (χ1v) is 6.99. The molecule has 19 heavy (non-hydrogen) atoms. The average molecular weight is 278 g/mol. The van der Waals surface area contributed by atoms with Gasteiger partial charge in [0.15, 0.2) is 0 Å². The van der Waals surface area contributed by atoms with Crippen molar-refractivity contribution in [2.24, 2.45) is 0 Å². The van der Waals surface area contributed by atoms with Gasteiger partial charge >= 0.3 is 0 Å². The summed E-state index contributed by atoms with van der Waals surface area (Å²) in [7, 11) is 1.95. The fraction of sp³-hybridized carbons (Fsp3) is 0.400. The Morgan fingerprint density at radius 2 is 2.16 bits per heavy atom. The van der Waals surface area contributed by atoms with Gasteiger partial charge in [0, 0.05) is 23.3 Å². The molecular formula is C15H20ClN3. The van der Waals surface area contributed by atoms with Crippen LogP contribution in [0, 0.1) is 6.92 Å². The van der Waals surface area contributed by atoms with Crippen molar-refractivity contribution in [3.8, 4) is 0 Å². The summed E-state index contributed by atoms with van der Waals surface area (Å²) in [6.45, 7) is 5.11. The van der Waals surface area contributed by atoms with Gasteiger partial charge in [-0.25, -0.2) is 0 Å². The van der Waals surface area contributed by atoms with Crippen LogP contribution < -0.4 is 5.32 Å². The molecule has 0 bridgehead atoms. The molecule has 0 aliphatic rings. The molecule has 0 spiro atoms. The lowest BCUT2D eigenvalue weighted by Gasteiger charge is -2.16. The Bertz CT molecular complexity index is 548. The summed E-state index contributed by atoms with van der Waals surface area (Å²) in [5, 5.41) is 8.51. The van der Waals surface area contributed by atoms with Gasteiger partial charge in [-0.1, -0.05) is 30.7 Å². The third-order valence-electron chi connectivity index (χ3n) is 3.26. The van der Waals surface area contributed by atoms with Crippen molar-refractivity contribution in [3.63, 3.8) is 0 Å². The molecule has 0 amide bonds. The Labute approximate surface area is 119 Å². The standard InChI is InChI=1S/C15H20ClN3/c1-4-7-19-10-13(9-18-19)15(17-3)12-6-5-11(2)14(16)8-12/h5-6,8-10,15,17H,4,7H2,1-3H3. The van der Waals surface area contributed by atoms with E-state index in [9.17, 15) is 0 Å². The van der Waals surface area contributed by atoms with E-state index in [1.54, 1.807) is 0 Å². The van der Waals surface area contributed by atoms with Crippen molar-refractivity contribution in [1.82, 2.24) is 15.1 Å². The second-order valence-corrected chi connectivity index (χ2v) is 5.17. The normalized spacial score (nSPS) is 12.6. The minimum atomic E-state index is 0.128. The highest BCUT2D eigenvalue weighted by atomic mass is 35.5. The van der Waals surface area contributed by atoms with Crippen LogP contribution in [0.2, 0.25) is 5.02 Å². The van der Waals surface area contributed by atoms with E-state index < -0.39 is 0 Å². The highest BCUT2D eigenvalue weighted by Crippen LogP contribution is 2.25. The molecular weight excluding hydrogens is 258 g/mol. The zero-order valence-corrected chi connectivity index (χ0v) is 12.4. The summed E-state index contributed by atoms with van der Waals surface area (Å²) in [6, 6.07) is 6.32. The largest absolute Gasteiger partial charge is 0.309 e. The number of hydrogen-bond acceptors (Lipinski definition) is 2. The first-order valence-electron chi connectivity index (χ1n) is 6.61. The Balaban J connectivity index is 2.29. The number of benzene rings is 1. The van der Waals surface area contributed by atoms with Gasteiger partial charge in [-0.3, -0.25) is 4.68 Å². The molecule has 0 aliphatic carbocycles. The first kappa shape index (κ1) is 14.1. The maximum absolute atomic E-state index is 6.21. The minimum absolute atomic E-state index is 0.128. The Morgan fingerprint density at radius 3 is 2.79 bits per heavy atom. The molecule has 0 aliphatic heterocycles. The number of aromatic nitrogens is 2. The number of aryl methyl sites for hydroxylation is 2. The molecule has 0 fully saturated rings. The van der Waals surface area contributed by atoms with Crippen LogP contribution in [0.25, 0.3) is 0 Å². The summed E-state index contributed by atoms with van der Waals surface area (Å²) < 4.78 is 1.98. The van der Waals surface area contributed by atoms with Crippen LogP contribution in [-0.4, -0.2) is 16.8 Å². The van der Waals surface area contributed by atoms with Gasteiger partial charge in [0.25, 0.3) is 0 Å². The number of halogens is 1. The second-order valence-electron chi connectivity index (χ2n) is 4.77. The van der Waals surface area contributed by atoms with Crippen LogP contribution in [0.15, 0.2) is 30.6 Å². The summed E-state index contributed by atoms with van der Waals surface area (Å²) in [5.41, 5.74) is 3.42. The molecule has 2 rings (SSSR count). The van der Waals surface area contributed by atoms with Crippen LogP contribution in [0.5, 0.6) is 0 Å². The molecule has 0 saturated heterocycles. The van der Waals surface area contributed by atoms with E-state index in [0.717, 1.165) is 34.7 Å². The maximum Gasteiger partial charge on any atom is 0.0605 e. The fourth-order valence-corrected chi connectivity index (χ4v) is 2.38. The topological polar surface area (TPSA) is 29.9 Å². The van der Waals surface area contributed by atoms with E-state index in [1.165, 1.54) is 0 Å². The van der Waals surface area contributed by atoms with E-state index in [-0.39, 0.29) is 6.04 Å². The van der Waals surface area contributed by atoms with E-state index in [2.05, 4.69) is 35.7 Å². The maximum atomic E-state index is 6.21. The van der Waals surface area contributed by atoms with Gasteiger partial charge in [0.2, 0.25) is 0 Å². The molecule has 1 aromatic carbocycles. The molecule has 1 heterocycles. The first-order chi connectivity index (χ1) is 9.15. The third-order valence-corrected chi connectivity index (χ3v) is 3.66. The predicted molar refractivity (Wildman–Crippen MR) is 79.6 cm³/mol. The summed E-state index contributed by atoms with van der Waals surface area (Å²) in [4.78, 5) is 0. The van der Waals surface area contributed by atoms with Crippen molar-refractivity contribution < 1.29 is 0 Å². The second kappa shape index (κ2) is 6.22. The lowest BCUT2D eigenvalue weighted by atomic mass is 10.0. The molecule has 1 atom stereocenters. The van der Waals surface area contributed by atoms with Crippen LogP contribution in [0.1, 0.15) is 36.1 Å². The molecule has 2 aromatic rings. The van der Waals surface area contributed by atoms with Crippen LogP contribution in [0.4, 0.5) is 0 Å². The summed E-state index contributed by atoms with van der Waals surface area (Å²) in [6.07, 6.45) is 5.10. The summed E-state index contributed by atoms with van der Waals surface area (Å²) in [5.74, 6) is 0. The summed E-state index contributed by atoms with van der Waals surface area (Å²) >= 11 is 6.21. The van der Waals surface area contributed by atoms with Gasteiger partial charge in [-0.05, 0) is 37.6 Å². The fourth-order valence-electron chi connectivity index (χ4n) is 2.19. The van der Waals surface area contributed by atoms with Crippen molar-refractivity contribution >= 4 is 11.6 Å².